The van der Waals surface area contributed by atoms with Crippen molar-refractivity contribution in [1.82, 2.24) is 15.2 Å². The monoisotopic (exact) mass is 385 g/mol. The number of rotatable bonds is 7. The lowest BCUT2D eigenvalue weighted by atomic mass is 10.0. The van der Waals surface area contributed by atoms with E-state index in [0.717, 1.165) is 5.56 Å². The van der Waals surface area contributed by atoms with Gasteiger partial charge in [0.1, 0.15) is 0 Å². The number of nitrogens with zero attached hydrogens (tertiary/aromatic N) is 1. The number of esters is 1. The Balaban J connectivity index is 2.15. The Morgan fingerprint density at radius 1 is 1.18 bits per heavy atom. The minimum Gasteiger partial charge on any atom is -0.465 e. The number of likely N-dealkylation sites (N-methyl/N-ethyl adjacent to an activating group) is 1. The summed E-state index contributed by atoms with van der Waals surface area (Å²) in [6, 6.07) is 6.86. The lowest BCUT2D eigenvalue weighted by Crippen LogP contribution is -2.36. The van der Waals surface area contributed by atoms with Crippen LogP contribution in [0, 0.1) is 13.8 Å². The largest absolute Gasteiger partial charge is 0.465 e. The first kappa shape index (κ1) is 21.4. The summed E-state index contributed by atoms with van der Waals surface area (Å²) in [4.78, 5) is 41.5. The summed E-state index contributed by atoms with van der Waals surface area (Å²) in [6.07, 6.45) is 0. The molecule has 0 spiro atoms. The van der Waals surface area contributed by atoms with E-state index in [2.05, 4.69) is 10.3 Å². The van der Waals surface area contributed by atoms with E-state index in [1.54, 1.807) is 33.0 Å². The molecule has 2 aromatic rings. The van der Waals surface area contributed by atoms with Crippen LogP contribution in [0.4, 0.5) is 0 Å². The number of aromatic amines is 1. The van der Waals surface area contributed by atoms with Crippen molar-refractivity contribution in [2.24, 2.45) is 0 Å². The average molecular weight is 385 g/mol. The maximum Gasteiger partial charge on any atom is 0.339 e. The minimum atomic E-state index is -0.456. The van der Waals surface area contributed by atoms with Crippen molar-refractivity contribution in [2.75, 3.05) is 21.2 Å². The molecule has 0 aliphatic rings. The third kappa shape index (κ3) is 4.31. The van der Waals surface area contributed by atoms with Crippen LogP contribution >= 0.6 is 0 Å². The van der Waals surface area contributed by atoms with Gasteiger partial charge in [0.2, 0.25) is 0 Å². The number of methoxy groups -OCH3 is 1. The van der Waals surface area contributed by atoms with Gasteiger partial charge in [-0.25, -0.2) is 4.79 Å². The number of aromatic nitrogens is 1. The van der Waals surface area contributed by atoms with Gasteiger partial charge in [-0.3, -0.25) is 14.5 Å². The van der Waals surface area contributed by atoms with Crippen molar-refractivity contribution >= 4 is 17.7 Å². The van der Waals surface area contributed by atoms with Crippen LogP contribution in [0.2, 0.25) is 0 Å². The molecule has 0 aliphatic heterocycles. The summed E-state index contributed by atoms with van der Waals surface area (Å²) in [5, 5.41) is 2.59. The second kappa shape index (κ2) is 8.84. The standard InChI is InChI=1S/C21H27N3O4/c1-12-17(21(27)28-6)13(2)23-18(12)19(25)14(3)24(5)11-15-7-9-16(10-8-15)20(26)22-4/h7-10,14,23H,11H2,1-6H3,(H,22,26). The predicted molar refractivity (Wildman–Crippen MR) is 107 cm³/mol. The first-order chi connectivity index (χ1) is 13.2. The number of ketones is 1. The van der Waals surface area contributed by atoms with Crippen LogP contribution in [-0.2, 0) is 11.3 Å². The number of hydrogen-bond donors (Lipinski definition) is 2. The van der Waals surface area contributed by atoms with E-state index in [0.29, 0.717) is 34.6 Å². The van der Waals surface area contributed by atoms with Gasteiger partial charge in [-0.15, -0.1) is 0 Å². The molecule has 7 heteroatoms. The summed E-state index contributed by atoms with van der Waals surface area (Å²) < 4.78 is 4.80. The van der Waals surface area contributed by atoms with Crippen LogP contribution < -0.4 is 5.32 Å². The van der Waals surface area contributed by atoms with E-state index in [9.17, 15) is 14.4 Å². The van der Waals surface area contributed by atoms with Gasteiger partial charge in [-0.2, -0.15) is 0 Å². The molecule has 1 heterocycles. The van der Waals surface area contributed by atoms with Crippen molar-refractivity contribution < 1.29 is 19.1 Å². The molecule has 0 saturated heterocycles. The molecule has 28 heavy (non-hydrogen) atoms. The van der Waals surface area contributed by atoms with Crippen molar-refractivity contribution in [1.29, 1.82) is 0 Å². The molecule has 0 aliphatic carbocycles. The number of nitrogens with one attached hydrogen (secondary N) is 2. The number of ether oxygens (including phenoxy) is 1. The number of Topliss-reactive ketones (excluding diaryl/α,β-unsaturated/α-hetero) is 1. The summed E-state index contributed by atoms with van der Waals surface area (Å²) in [6.45, 7) is 5.86. The summed E-state index contributed by atoms with van der Waals surface area (Å²) in [7, 11) is 4.77. The lowest BCUT2D eigenvalue weighted by molar-refractivity contribution is 0.0599. The topological polar surface area (TPSA) is 91.5 Å². The molecule has 0 bridgehead atoms. The van der Waals surface area contributed by atoms with Gasteiger partial charge < -0.3 is 15.0 Å². The molecule has 0 saturated carbocycles. The molecule has 2 N–H and O–H groups in total. The fourth-order valence-electron chi connectivity index (χ4n) is 3.14. The summed E-state index contributed by atoms with van der Waals surface area (Å²) in [5.41, 5.74) is 3.63. The van der Waals surface area contributed by atoms with Crippen LogP contribution in [0.5, 0.6) is 0 Å². The highest BCUT2D eigenvalue weighted by atomic mass is 16.5. The van der Waals surface area contributed by atoms with Crippen LogP contribution in [0.1, 0.15) is 54.9 Å². The van der Waals surface area contributed by atoms with Gasteiger partial charge in [0.25, 0.3) is 5.91 Å². The highest BCUT2D eigenvalue weighted by molar-refractivity contribution is 6.03. The van der Waals surface area contributed by atoms with Crippen LogP contribution in [0.15, 0.2) is 24.3 Å². The third-order valence-corrected chi connectivity index (χ3v) is 4.99. The van der Waals surface area contributed by atoms with Crippen molar-refractivity contribution in [3.8, 4) is 0 Å². The van der Waals surface area contributed by atoms with Gasteiger partial charge in [-0.05, 0) is 51.1 Å². The molecule has 1 amide bonds. The fraction of sp³-hybridized carbons (Fsp3) is 0.381. The zero-order chi connectivity index (χ0) is 21.0. The Hall–Kier alpha value is -2.93. The second-order valence-corrected chi connectivity index (χ2v) is 6.85. The maximum atomic E-state index is 13.0. The van der Waals surface area contributed by atoms with E-state index in [1.165, 1.54) is 7.11 Å². The van der Waals surface area contributed by atoms with E-state index < -0.39 is 12.0 Å². The van der Waals surface area contributed by atoms with E-state index >= 15 is 0 Å². The Kier molecular flexibility index (Phi) is 6.75. The molecule has 1 unspecified atom stereocenters. The number of carbonyl (C=O) groups is 3. The first-order valence-corrected chi connectivity index (χ1v) is 9.04. The lowest BCUT2D eigenvalue weighted by Gasteiger charge is -2.23. The number of amides is 1. The van der Waals surface area contributed by atoms with Crippen molar-refractivity contribution in [3.05, 3.63) is 57.9 Å². The Labute approximate surface area is 165 Å². The molecule has 1 atom stereocenters. The zero-order valence-electron chi connectivity index (χ0n) is 17.2. The molecule has 0 radical (unpaired) electrons. The second-order valence-electron chi connectivity index (χ2n) is 6.85. The quantitative estimate of drug-likeness (QED) is 0.564. The fourth-order valence-corrected chi connectivity index (χ4v) is 3.14. The van der Waals surface area contributed by atoms with Gasteiger partial charge in [0.15, 0.2) is 5.78 Å². The summed E-state index contributed by atoms with van der Waals surface area (Å²) in [5.74, 6) is -0.690. The highest BCUT2D eigenvalue weighted by Gasteiger charge is 2.27. The zero-order valence-corrected chi connectivity index (χ0v) is 17.2. The molecule has 7 nitrogen and oxygen atoms in total. The molecule has 1 aromatic heterocycles. The van der Waals surface area contributed by atoms with E-state index in [1.807, 2.05) is 31.0 Å². The maximum absolute atomic E-state index is 13.0. The van der Waals surface area contributed by atoms with Gasteiger partial charge in [0, 0.05) is 24.8 Å². The van der Waals surface area contributed by atoms with Crippen LogP contribution in [0.25, 0.3) is 0 Å². The minimum absolute atomic E-state index is 0.0970. The Morgan fingerprint density at radius 3 is 2.32 bits per heavy atom. The Bertz CT molecular complexity index is 884. The summed E-state index contributed by atoms with van der Waals surface area (Å²) >= 11 is 0. The van der Waals surface area contributed by atoms with E-state index in [4.69, 9.17) is 4.74 Å². The molecule has 1 aromatic carbocycles. The van der Waals surface area contributed by atoms with Crippen LogP contribution in [-0.4, -0.2) is 54.8 Å². The number of carbonyl (C=O) groups excluding carboxylic acids is 3. The highest BCUT2D eigenvalue weighted by Crippen LogP contribution is 2.21. The van der Waals surface area contributed by atoms with Gasteiger partial charge >= 0.3 is 5.97 Å². The normalized spacial score (nSPS) is 12.0. The number of aryl methyl sites for hydroxylation is 1. The predicted octanol–water partition coefficient (Wildman–Crippen LogP) is 2.48. The number of H-pyrrole nitrogens is 1. The Morgan fingerprint density at radius 2 is 1.79 bits per heavy atom. The molecular formula is C21H27N3O4. The van der Waals surface area contributed by atoms with Crippen LogP contribution in [0.3, 0.4) is 0 Å². The molecule has 150 valence electrons. The van der Waals surface area contributed by atoms with Crippen molar-refractivity contribution in [2.45, 2.75) is 33.4 Å². The molecule has 0 fully saturated rings. The smallest absolute Gasteiger partial charge is 0.339 e. The number of benzene rings is 1. The van der Waals surface area contributed by atoms with Gasteiger partial charge in [0.05, 0.1) is 24.4 Å². The van der Waals surface area contributed by atoms with Crippen molar-refractivity contribution in [3.63, 3.8) is 0 Å². The first-order valence-electron chi connectivity index (χ1n) is 9.04. The average Bonchev–Trinajstić information content (AvgIpc) is 3.00. The molecular weight excluding hydrogens is 358 g/mol. The third-order valence-electron chi connectivity index (χ3n) is 4.99. The number of hydrogen-bond acceptors (Lipinski definition) is 5. The van der Waals surface area contributed by atoms with E-state index in [-0.39, 0.29) is 11.7 Å². The van der Waals surface area contributed by atoms with Gasteiger partial charge in [-0.1, -0.05) is 12.1 Å². The SMILES string of the molecule is CNC(=O)c1ccc(CN(C)C(C)C(=O)c2[nH]c(C)c(C(=O)OC)c2C)cc1. The molecule has 2 rings (SSSR count).